The molecule has 5 heteroatoms. The fourth-order valence-electron chi connectivity index (χ4n) is 1.63. The third kappa shape index (κ3) is 3.89. The van der Waals surface area contributed by atoms with Gasteiger partial charge in [0.15, 0.2) is 0 Å². The molecule has 1 N–H and O–H groups in total. The molecule has 0 aliphatic carbocycles. The Balaban J connectivity index is 0.00000162. The summed E-state index contributed by atoms with van der Waals surface area (Å²) in [7, 11) is 1.99. The van der Waals surface area contributed by atoms with Crippen LogP contribution in [0.3, 0.4) is 0 Å². The summed E-state index contributed by atoms with van der Waals surface area (Å²) in [4.78, 5) is 15.6. The van der Waals surface area contributed by atoms with E-state index in [2.05, 4.69) is 22.6 Å². The van der Waals surface area contributed by atoms with Crippen LogP contribution in [0.5, 0.6) is 0 Å². The number of hydrogen-bond donors (Lipinski definition) is 1. The van der Waals surface area contributed by atoms with Crippen molar-refractivity contribution in [3.05, 3.63) is 54.1 Å². The van der Waals surface area contributed by atoms with Crippen LogP contribution in [0.15, 0.2) is 43.0 Å². The van der Waals surface area contributed by atoms with Gasteiger partial charge in [0.2, 0.25) is 0 Å². The molecular formula is C13H16ClN3O. The van der Waals surface area contributed by atoms with Crippen molar-refractivity contribution in [2.24, 2.45) is 7.05 Å². The number of rotatable bonds is 4. The molecule has 0 aliphatic rings. The normalized spacial score (nSPS) is 9.61. The first-order valence-electron chi connectivity index (χ1n) is 5.55. The summed E-state index contributed by atoms with van der Waals surface area (Å²) in [6.07, 6.45) is 8.13. The number of aromatic nitrogens is 2. The van der Waals surface area contributed by atoms with Crippen LogP contribution in [0.1, 0.15) is 15.9 Å². The van der Waals surface area contributed by atoms with Gasteiger partial charge in [0, 0.05) is 43.9 Å². The molecule has 0 saturated carbocycles. The standard InChI is InChI=1S/C13H15N3O.ClH/c1-16-9-5-11(10-16)2-8-15-13(17)12-3-6-14-7-4-12;/h3-7,9-10H,2,8H2,1H3,(H,15,17);1H. The molecule has 0 unspecified atom stereocenters. The fraction of sp³-hybridized carbons (Fsp3) is 0.231. The number of halogens is 1. The van der Waals surface area contributed by atoms with Crippen LogP contribution < -0.4 is 5.32 Å². The Hall–Kier alpha value is -1.81. The van der Waals surface area contributed by atoms with Crippen molar-refractivity contribution < 1.29 is 4.79 Å². The van der Waals surface area contributed by atoms with Gasteiger partial charge in [-0.25, -0.2) is 0 Å². The lowest BCUT2D eigenvalue weighted by atomic mass is 10.2. The van der Waals surface area contributed by atoms with Crippen molar-refractivity contribution in [2.45, 2.75) is 6.42 Å². The van der Waals surface area contributed by atoms with E-state index in [9.17, 15) is 4.79 Å². The molecule has 4 nitrogen and oxygen atoms in total. The number of aryl methyl sites for hydroxylation is 1. The molecule has 2 rings (SSSR count). The molecule has 0 aliphatic heterocycles. The Morgan fingerprint density at radius 2 is 2.06 bits per heavy atom. The first-order valence-corrected chi connectivity index (χ1v) is 5.55. The van der Waals surface area contributed by atoms with E-state index in [4.69, 9.17) is 0 Å². The summed E-state index contributed by atoms with van der Waals surface area (Å²) in [5, 5.41) is 2.88. The lowest BCUT2D eigenvalue weighted by molar-refractivity contribution is 0.0954. The van der Waals surface area contributed by atoms with Crippen LogP contribution in [-0.2, 0) is 13.5 Å². The first kappa shape index (κ1) is 14.3. The summed E-state index contributed by atoms with van der Waals surface area (Å²) < 4.78 is 2.00. The Bertz CT molecular complexity index is 496. The number of carbonyl (C=O) groups is 1. The number of carbonyl (C=O) groups excluding carboxylic acids is 1. The number of pyridine rings is 1. The zero-order valence-electron chi connectivity index (χ0n) is 10.2. The molecule has 0 bridgehead atoms. The fourth-order valence-corrected chi connectivity index (χ4v) is 1.63. The number of hydrogen-bond acceptors (Lipinski definition) is 2. The van der Waals surface area contributed by atoms with E-state index in [1.807, 2.05) is 17.8 Å². The van der Waals surface area contributed by atoms with Gasteiger partial charge in [-0.3, -0.25) is 9.78 Å². The van der Waals surface area contributed by atoms with Crippen LogP contribution in [0.4, 0.5) is 0 Å². The quantitative estimate of drug-likeness (QED) is 0.917. The molecule has 0 atom stereocenters. The highest BCUT2D eigenvalue weighted by Crippen LogP contribution is 2.00. The predicted octanol–water partition coefficient (Wildman–Crippen LogP) is 1.81. The summed E-state index contributed by atoms with van der Waals surface area (Å²) in [5.41, 5.74) is 1.87. The van der Waals surface area contributed by atoms with Crippen LogP contribution >= 0.6 is 12.4 Å². The van der Waals surface area contributed by atoms with Gasteiger partial charge in [-0.2, -0.15) is 0 Å². The Morgan fingerprint density at radius 1 is 1.33 bits per heavy atom. The van der Waals surface area contributed by atoms with E-state index in [-0.39, 0.29) is 18.3 Å². The molecule has 0 spiro atoms. The smallest absolute Gasteiger partial charge is 0.251 e. The zero-order valence-corrected chi connectivity index (χ0v) is 11.0. The zero-order chi connectivity index (χ0) is 12.1. The largest absolute Gasteiger partial charge is 0.357 e. The Morgan fingerprint density at radius 3 is 2.67 bits per heavy atom. The summed E-state index contributed by atoms with van der Waals surface area (Å²) in [6, 6.07) is 5.47. The van der Waals surface area contributed by atoms with Crippen molar-refractivity contribution in [3.8, 4) is 0 Å². The maximum atomic E-state index is 11.7. The van der Waals surface area contributed by atoms with E-state index in [0.717, 1.165) is 6.42 Å². The third-order valence-corrected chi connectivity index (χ3v) is 2.53. The van der Waals surface area contributed by atoms with Crippen LogP contribution in [0, 0.1) is 0 Å². The Kier molecular flexibility index (Phi) is 5.39. The molecular weight excluding hydrogens is 250 g/mol. The van der Waals surface area contributed by atoms with E-state index in [1.165, 1.54) is 5.56 Å². The van der Waals surface area contributed by atoms with Crippen molar-refractivity contribution in [1.82, 2.24) is 14.9 Å². The number of nitrogens with one attached hydrogen (secondary N) is 1. The van der Waals surface area contributed by atoms with Crippen LogP contribution in [-0.4, -0.2) is 22.0 Å². The minimum atomic E-state index is -0.0525. The third-order valence-electron chi connectivity index (χ3n) is 2.53. The second kappa shape index (κ2) is 6.81. The molecule has 2 aromatic heterocycles. The minimum absolute atomic E-state index is 0. The summed E-state index contributed by atoms with van der Waals surface area (Å²) >= 11 is 0. The van der Waals surface area contributed by atoms with E-state index < -0.39 is 0 Å². The van der Waals surface area contributed by atoms with Gasteiger partial charge in [-0.1, -0.05) is 0 Å². The highest BCUT2D eigenvalue weighted by atomic mass is 35.5. The van der Waals surface area contributed by atoms with Crippen molar-refractivity contribution in [2.75, 3.05) is 6.54 Å². The summed E-state index contributed by atoms with van der Waals surface area (Å²) in [6.45, 7) is 0.644. The highest BCUT2D eigenvalue weighted by Gasteiger charge is 2.03. The molecule has 0 saturated heterocycles. The molecule has 0 aromatic carbocycles. The maximum Gasteiger partial charge on any atom is 0.251 e. The van der Waals surface area contributed by atoms with Gasteiger partial charge in [0.1, 0.15) is 0 Å². The van der Waals surface area contributed by atoms with Crippen molar-refractivity contribution in [1.29, 1.82) is 0 Å². The van der Waals surface area contributed by atoms with Gasteiger partial charge in [0.05, 0.1) is 0 Å². The average molecular weight is 266 g/mol. The van der Waals surface area contributed by atoms with Crippen LogP contribution in [0.2, 0.25) is 0 Å². The maximum absolute atomic E-state index is 11.7. The van der Waals surface area contributed by atoms with Gasteiger partial charge in [-0.05, 0) is 30.2 Å². The monoisotopic (exact) mass is 265 g/mol. The van der Waals surface area contributed by atoms with Gasteiger partial charge in [0.25, 0.3) is 5.91 Å². The van der Waals surface area contributed by atoms with Gasteiger partial charge >= 0.3 is 0 Å². The topological polar surface area (TPSA) is 46.9 Å². The van der Waals surface area contributed by atoms with E-state index in [0.29, 0.717) is 12.1 Å². The number of nitrogens with zero attached hydrogens (tertiary/aromatic N) is 2. The molecule has 2 aromatic rings. The lowest BCUT2D eigenvalue weighted by Gasteiger charge is -2.03. The summed E-state index contributed by atoms with van der Waals surface area (Å²) in [5.74, 6) is -0.0525. The second-order valence-corrected chi connectivity index (χ2v) is 3.93. The SMILES string of the molecule is Cl.Cn1ccc(CCNC(=O)c2ccncc2)c1. The van der Waals surface area contributed by atoms with Crippen LogP contribution in [0.25, 0.3) is 0 Å². The molecule has 0 radical (unpaired) electrons. The molecule has 18 heavy (non-hydrogen) atoms. The lowest BCUT2D eigenvalue weighted by Crippen LogP contribution is -2.25. The second-order valence-electron chi connectivity index (χ2n) is 3.93. The first-order chi connectivity index (χ1) is 8.25. The van der Waals surface area contributed by atoms with E-state index >= 15 is 0 Å². The Labute approximate surface area is 112 Å². The van der Waals surface area contributed by atoms with Gasteiger partial charge in [-0.15, -0.1) is 12.4 Å². The highest BCUT2D eigenvalue weighted by molar-refractivity contribution is 5.93. The van der Waals surface area contributed by atoms with Crippen molar-refractivity contribution in [3.63, 3.8) is 0 Å². The van der Waals surface area contributed by atoms with Crippen molar-refractivity contribution >= 4 is 18.3 Å². The van der Waals surface area contributed by atoms with E-state index in [1.54, 1.807) is 24.5 Å². The number of amides is 1. The van der Waals surface area contributed by atoms with Gasteiger partial charge < -0.3 is 9.88 Å². The molecule has 96 valence electrons. The molecule has 0 fully saturated rings. The average Bonchev–Trinajstić information content (AvgIpc) is 2.76. The predicted molar refractivity (Wildman–Crippen MR) is 72.9 cm³/mol. The minimum Gasteiger partial charge on any atom is -0.357 e. The molecule has 1 amide bonds. The molecule has 2 heterocycles.